The van der Waals surface area contributed by atoms with E-state index in [9.17, 15) is 9.18 Å². The number of carbonyl (C=O) groups is 1. The van der Waals surface area contributed by atoms with Crippen molar-refractivity contribution in [3.8, 4) is 18.1 Å². The summed E-state index contributed by atoms with van der Waals surface area (Å²) in [4.78, 5) is 17.0. The van der Waals surface area contributed by atoms with Crippen molar-refractivity contribution in [2.75, 3.05) is 7.11 Å². The number of nitrogens with zero attached hydrogens (tertiary/aromatic N) is 1. The van der Waals surface area contributed by atoms with Gasteiger partial charge in [0.1, 0.15) is 0 Å². The van der Waals surface area contributed by atoms with Crippen molar-refractivity contribution in [1.82, 2.24) is 10.3 Å². The molecule has 0 unspecified atom stereocenters. The number of aromatic nitrogens is 1. The molecule has 1 aromatic carbocycles. The van der Waals surface area contributed by atoms with Crippen LogP contribution in [-0.4, -0.2) is 39.3 Å². The second-order valence-corrected chi connectivity index (χ2v) is 8.03. The molecule has 1 aromatic heterocycles. The topological polar surface area (TPSA) is 51.2 Å². The van der Waals surface area contributed by atoms with Gasteiger partial charge in [0.25, 0.3) is 0 Å². The predicted octanol–water partition coefficient (Wildman–Crippen LogP) is 1.42. The Morgan fingerprint density at radius 3 is 2.88 bits per heavy atom. The van der Waals surface area contributed by atoms with E-state index in [1.807, 2.05) is 6.92 Å². The first-order valence-electron chi connectivity index (χ1n) is 7.73. The third kappa shape index (κ3) is 4.61. The number of methoxy groups -OCH3 is 1. The van der Waals surface area contributed by atoms with Gasteiger partial charge in [-0.2, -0.15) is 0 Å². The quantitative estimate of drug-likeness (QED) is 0.589. The number of terminal acetylenes is 1. The third-order valence-electron chi connectivity index (χ3n) is 3.82. The van der Waals surface area contributed by atoms with Crippen molar-refractivity contribution < 1.29 is 13.9 Å². The van der Waals surface area contributed by atoms with E-state index in [1.165, 1.54) is 13.2 Å². The number of hydrogen-bond acceptors (Lipinski definition) is 3. The van der Waals surface area contributed by atoms with Crippen molar-refractivity contribution in [3.63, 3.8) is 0 Å². The van der Waals surface area contributed by atoms with Crippen LogP contribution < -0.4 is 18.9 Å². The van der Waals surface area contributed by atoms with Crippen molar-refractivity contribution in [1.29, 1.82) is 0 Å². The van der Waals surface area contributed by atoms with Crippen molar-refractivity contribution in [2.45, 2.75) is 25.8 Å². The average molecular weight is 401 g/mol. The Kier molecular flexibility index (Phi) is 6.22. The second kappa shape index (κ2) is 8.18. The summed E-state index contributed by atoms with van der Waals surface area (Å²) in [6.45, 7) is 3.72. The molecule has 1 N–H and O–H groups in total. The summed E-state index contributed by atoms with van der Waals surface area (Å²) in [5.74, 6) is 2.13. The Bertz CT molecular complexity index is 819. The molecule has 0 saturated carbocycles. The molecule has 0 aliphatic heterocycles. The van der Waals surface area contributed by atoms with E-state index in [0.717, 1.165) is 4.35 Å². The summed E-state index contributed by atoms with van der Waals surface area (Å²) < 4.78 is 20.1. The average Bonchev–Trinajstić information content (AvgIpc) is 2.63. The van der Waals surface area contributed by atoms with Crippen LogP contribution >= 0.6 is 0 Å². The maximum atomic E-state index is 13.6. The summed E-state index contributed by atoms with van der Waals surface area (Å²) in [5.41, 5.74) is -0.222. The molecule has 2 rings (SSSR count). The number of carbonyl (C=O) groups excluding carboxylic acids is 1. The SMILES string of the molecule is C#C[C@](C)(CC)NC(=O)c1cccnc1[As]c1ccc(F)c(OC)c1. The minimum atomic E-state index is -0.709. The van der Waals surface area contributed by atoms with Crippen LogP contribution in [-0.2, 0) is 0 Å². The number of pyridine rings is 1. The third-order valence-corrected chi connectivity index (χ3v) is 6.13. The number of nitrogens with one attached hydrogen (secondary N) is 1. The van der Waals surface area contributed by atoms with Crippen LogP contribution in [0.2, 0.25) is 0 Å². The van der Waals surface area contributed by atoms with Gasteiger partial charge in [0, 0.05) is 0 Å². The Morgan fingerprint density at radius 1 is 1.48 bits per heavy atom. The van der Waals surface area contributed by atoms with Crippen LogP contribution in [0, 0.1) is 18.2 Å². The summed E-state index contributed by atoms with van der Waals surface area (Å²) in [7, 11) is 1.42. The normalized spacial score (nSPS) is 13.2. The Hall–Kier alpha value is -2.31. The number of amides is 1. The fraction of sp³-hybridized carbons (Fsp3) is 0.263. The first-order chi connectivity index (χ1) is 11.9. The van der Waals surface area contributed by atoms with Crippen LogP contribution in [0.5, 0.6) is 5.75 Å². The fourth-order valence-corrected chi connectivity index (χ4v) is 4.14. The summed E-state index contributed by atoms with van der Waals surface area (Å²) in [6.07, 6.45) is 7.79. The Labute approximate surface area is 153 Å². The molecule has 2 aromatic rings. The first kappa shape index (κ1) is 19.0. The molecule has 0 aliphatic rings. The van der Waals surface area contributed by atoms with E-state index in [1.54, 1.807) is 37.4 Å². The fourth-order valence-electron chi connectivity index (χ4n) is 2.05. The summed E-state index contributed by atoms with van der Waals surface area (Å²) in [6, 6.07) is 8.12. The number of benzene rings is 1. The zero-order chi connectivity index (χ0) is 18.4. The van der Waals surface area contributed by atoms with Gasteiger partial charge in [-0.25, -0.2) is 0 Å². The maximum absolute atomic E-state index is 13.6. The minimum absolute atomic E-state index is 0.181. The molecule has 4 nitrogen and oxygen atoms in total. The van der Waals surface area contributed by atoms with Crippen LogP contribution in [0.1, 0.15) is 30.6 Å². The molecule has 0 spiro atoms. The number of hydrogen-bond donors (Lipinski definition) is 1. The number of ether oxygens (including phenoxy) is 1. The Balaban J connectivity index is 2.29. The molecule has 1 heterocycles. The van der Waals surface area contributed by atoms with Gasteiger partial charge in [-0.3, -0.25) is 0 Å². The number of halogens is 1. The summed E-state index contributed by atoms with van der Waals surface area (Å²) >= 11 is -0.613. The van der Waals surface area contributed by atoms with Crippen LogP contribution in [0.3, 0.4) is 0 Å². The van der Waals surface area contributed by atoms with Crippen molar-refractivity contribution in [2.24, 2.45) is 0 Å². The van der Waals surface area contributed by atoms with Gasteiger partial charge in [0.15, 0.2) is 0 Å². The van der Waals surface area contributed by atoms with Gasteiger partial charge in [0.05, 0.1) is 0 Å². The van der Waals surface area contributed by atoms with Gasteiger partial charge in [0.2, 0.25) is 0 Å². The first-order valence-corrected chi connectivity index (χ1v) is 9.60. The zero-order valence-corrected chi connectivity index (χ0v) is 16.2. The molecule has 1 atom stereocenters. The molecule has 0 aliphatic carbocycles. The van der Waals surface area contributed by atoms with Gasteiger partial charge < -0.3 is 0 Å². The molecule has 0 saturated heterocycles. The molecule has 6 heteroatoms. The second-order valence-electron chi connectivity index (χ2n) is 5.59. The van der Waals surface area contributed by atoms with E-state index in [2.05, 4.69) is 16.2 Å². The van der Waals surface area contributed by atoms with Gasteiger partial charge >= 0.3 is 154 Å². The Morgan fingerprint density at radius 2 is 2.24 bits per heavy atom. The molecular weight excluding hydrogens is 382 g/mol. The van der Waals surface area contributed by atoms with Crippen LogP contribution in [0.4, 0.5) is 4.39 Å². The van der Waals surface area contributed by atoms with Gasteiger partial charge in [-0.15, -0.1) is 0 Å². The molecule has 0 fully saturated rings. The van der Waals surface area contributed by atoms with Crippen molar-refractivity contribution >= 4 is 30.5 Å². The van der Waals surface area contributed by atoms with Crippen LogP contribution in [0.25, 0.3) is 0 Å². The van der Waals surface area contributed by atoms with E-state index in [0.29, 0.717) is 16.5 Å². The van der Waals surface area contributed by atoms with E-state index in [-0.39, 0.29) is 11.7 Å². The van der Waals surface area contributed by atoms with E-state index in [4.69, 9.17) is 11.2 Å². The zero-order valence-electron chi connectivity index (χ0n) is 14.3. The monoisotopic (exact) mass is 401 g/mol. The van der Waals surface area contributed by atoms with Crippen LogP contribution in [0.15, 0.2) is 36.5 Å². The standard InChI is InChI=1S/C19H19AsFN2O2/c1-5-19(3,6-2)23-18(24)14-8-7-11-22-17(14)20-13-9-10-15(21)16(12-13)25-4/h1,7-12H,6H2,2-4H3,(H,23,24)/t19-/m1/s1. The molecule has 1 radical (unpaired) electrons. The van der Waals surface area contributed by atoms with Gasteiger partial charge in [-0.1, -0.05) is 0 Å². The summed E-state index contributed by atoms with van der Waals surface area (Å²) in [5, 5.41) is 2.88. The van der Waals surface area contributed by atoms with E-state index < -0.39 is 27.1 Å². The van der Waals surface area contributed by atoms with Gasteiger partial charge in [-0.05, 0) is 0 Å². The molecule has 25 heavy (non-hydrogen) atoms. The molecular formula is C19H19AsFN2O2. The molecule has 0 bridgehead atoms. The van der Waals surface area contributed by atoms with Crippen molar-refractivity contribution in [3.05, 3.63) is 47.9 Å². The predicted molar refractivity (Wildman–Crippen MR) is 97.2 cm³/mol. The van der Waals surface area contributed by atoms with E-state index >= 15 is 0 Å². The number of rotatable bonds is 6. The molecule has 129 valence electrons. The molecule has 1 amide bonds.